The molecule has 0 aromatic heterocycles. The molecule has 0 unspecified atom stereocenters. The first kappa shape index (κ1) is 19.5. The Balaban J connectivity index is 1.88. The number of hydrogen-bond acceptors (Lipinski definition) is 5. The van der Waals surface area contributed by atoms with Crippen LogP contribution in [0, 0.1) is 0 Å². The number of carbonyl (C=O) groups is 1. The van der Waals surface area contributed by atoms with Crippen LogP contribution < -0.4 is 14.8 Å². The molecule has 1 amide bonds. The standard InChI is InChI=1S/C20H25N3O3S/c1-25-16-3-7-18(8-4-16)27(19-9-5-17(26-2)6-10-19)22-20(24)15-23-13-11-21-12-14-23/h3-10,21H,11-15H2,1-2H3. The van der Waals surface area contributed by atoms with E-state index < -0.39 is 10.7 Å². The van der Waals surface area contributed by atoms with Crippen molar-refractivity contribution < 1.29 is 14.3 Å². The van der Waals surface area contributed by atoms with Crippen LogP contribution in [0.2, 0.25) is 0 Å². The molecule has 0 radical (unpaired) electrons. The molecular weight excluding hydrogens is 362 g/mol. The van der Waals surface area contributed by atoms with Gasteiger partial charge in [0.2, 0.25) is 0 Å². The van der Waals surface area contributed by atoms with Crippen molar-refractivity contribution in [3.05, 3.63) is 48.5 Å². The van der Waals surface area contributed by atoms with Crippen LogP contribution in [0.4, 0.5) is 0 Å². The van der Waals surface area contributed by atoms with E-state index in [9.17, 15) is 4.79 Å². The first-order valence-corrected chi connectivity index (χ1v) is 10.1. The molecule has 1 heterocycles. The predicted molar refractivity (Wildman–Crippen MR) is 107 cm³/mol. The van der Waals surface area contributed by atoms with E-state index in [1.165, 1.54) is 0 Å². The monoisotopic (exact) mass is 387 g/mol. The lowest BCUT2D eigenvalue weighted by Gasteiger charge is -2.25. The third kappa shape index (κ3) is 5.38. The number of piperazine rings is 1. The molecule has 2 aromatic rings. The molecule has 0 spiro atoms. The maximum Gasteiger partial charge on any atom is 0.266 e. The second-order valence-electron chi connectivity index (χ2n) is 6.15. The second kappa shape index (κ2) is 9.64. The summed E-state index contributed by atoms with van der Waals surface area (Å²) in [6.45, 7) is 3.93. The molecular formula is C20H25N3O3S. The fourth-order valence-corrected chi connectivity index (χ4v) is 4.37. The Labute approximate surface area is 162 Å². The van der Waals surface area contributed by atoms with Gasteiger partial charge in [0.25, 0.3) is 5.91 Å². The van der Waals surface area contributed by atoms with E-state index in [4.69, 9.17) is 9.47 Å². The number of rotatable bonds is 6. The molecule has 2 aromatic carbocycles. The number of ether oxygens (including phenoxy) is 2. The third-order valence-corrected chi connectivity index (χ3v) is 6.15. The average Bonchev–Trinajstić information content (AvgIpc) is 2.73. The summed E-state index contributed by atoms with van der Waals surface area (Å²) >= 11 is 0. The van der Waals surface area contributed by atoms with Gasteiger partial charge in [-0.1, -0.05) is 0 Å². The summed E-state index contributed by atoms with van der Waals surface area (Å²) in [7, 11) is 2.59. The van der Waals surface area contributed by atoms with Gasteiger partial charge in [0.05, 0.1) is 20.8 Å². The zero-order valence-electron chi connectivity index (χ0n) is 15.7. The van der Waals surface area contributed by atoms with E-state index in [0.29, 0.717) is 6.54 Å². The fourth-order valence-electron chi connectivity index (χ4n) is 2.84. The van der Waals surface area contributed by atoms with Gasteiger partial charge in [0, 0.05) is 36.0 Å². The van der Waals surface area contributed by atoms with Crippen LogP contribution in [0.1, 0.15) is 0 Å². The maximum absolute atomic E-state index is 12.6. The molecule has 1 aliphatic rings. The summed E-state index contributed by atoms with van der Waals surface area (Å²) in [5.41, 5.74) is 0. The second-order valence-corrected chi connectivity index (χ2v) is 7.84. The number of benzene rings is 2. The summed E-state index contributed by atoms with van der Waals surface area (Å²) in [5.74, 6) is 1.47. The molecule has 0 aliphatic carbocycles. The van der Waals surface area contributed by atoms with E-state index in [1.807, 2.05) is 48.5 Å². The molecule has 3 rings (SSSR count). The van der Waals surface area contributed by atoms with Crippen molar-refractivity contribution in [3.63, 3.8) is 0 Å². The Hall–Kier alpha value is -2.22. The summed E-state index contributed by atoms with van der Waals surface area (Å²) in [5, 5.41) is 3.30. The molecule has 144 valence electrons. The minimum absolute atomic E-state index is 0.0909. The highest BCUT2D eigenvalue weighted by molar-refractivity contribution is 7.87. The summed E-state index contributed by atoms with van der Waals surface area (Å²) in [4.78, 5) is 16.8. The van der Waals surface area contributed by atoms with Crippen molar-refractivity contribution in [2.45, 2.75) is 9.79 Å². The Kier molecular flexibility index (Phi) is 6.98. The minimum Gasteiger partial charge on any atom is -0.497 e. The Morgan fingerprint density at radius 2 is 1.44 bits per heavy atom. The van der Waals surface area contributed by atoms with Crippen LogP contribution in [0.25, 0.3) is 0 Å². The van der Waals surface area contributed by atoms with Crippen molar-refractivity contribution in [1.29, 1.82) is 0 Å². The molecule has 6 nitrogen and oxygen atoms in total. The molecule has 1 N–H and O–H groups in total. The van der Waals surface area contributed by atoms with Crippen LogP contribution in [0.5, 0.6) is 11.5 Å². The smallest absolute Gasteiger partial charge is 0.266 e. The number of carbonyl (C=O) groups excluding carboxylic acids is 1. The molecule has 7 heteroatoms. The van der Waals surface area contributed by atoms with Crippen molar-refractivity contribution in [3.8, 4) is 11.5 Å². The third-order valence-electron chi connectivity index (χ3n) is 4.33. The van der Waals surface area contributed by atoms with Gasteiger partial charge in [-0.25, -0.2) is 0 Å². The maximum atomic E-state index is 12.6. The zero-order valence-corrected chi connectivity index (χ0v) is 16.5. The minimum atomic E-state index is -0.684. The quantitative estimate of drug-likeness (QED) is 0.824. The van der Waals surface area contributed by atoms with Crippen LogP contribution in [0.15, 0.2) is 62.7 Å². The number of amides is 1. The molecule has 0 bridgehead atoms. The SMILES string of the molecule is COc1ccc(S(=NC(=O)CN2CCNCC2)c2ccc(OC)cc2)cc1. The molecule has 1 saturated heterocycles. The van der Waals surface area contributed by atoms with E-state index in [1.54, 1.807) is 14.2 Å². The molecule has 1 fully saturated rings. The summed E-state index contributed by atoms with van der Waals surface area (Å²) in [6.07, 6.45) is 0. The number of nitrogens with zero attached hydrogens (tertiary/aromatic N) is 2. The first-order chi connectivity index (χ1) is 13.2. The summed E-state index contributed by atoms with van der Waals surface area (Å²) in [6, 6.07) is 15.5. The fraction of sp³-hybridized carbons (Fsp3) is 0.350. The van der Waals surface area contributed by atoms with Gasteiger partial charge in [-0.2, -0.15) is 4.36 Å². The van der Waals surface area contributed by atoms with Crippen LogP contribution in [-0.4, -0.2) is 57.8 Å². The van der Waals surface area contributed by atoms with Gasteiger partial charge in [0.1, 0.15) is 11.5 Å². The lowest BCUT2D eigenvalue weighted by atomic mass is 10.3. The Morgan fingerprint density at radius 1 is 0.963 bits per heavy atom. The van der Waals surface area contributed by atoms with Gasteiger partial charge in [-0.15, -0.1) is 0 Å². The number of hydrogen-bond donors (Lipinski definition) is 1. The van der Waals surface area contributed by atoms with Crippen molar-refractivity contribution in [1.82, 2.24) is 10.2 Å². The topological polar surface area (TPSA) is 63.2 Å². The van der Waals surface area contributed by atoms with Crippen molar-refractivity contribution >= 4 is 16.6 Å². The lowest BCUT2D eigenvalue weighted by molar-refractivity contribution is -0.118. The molecule has 0 saturated carbocycles. The van der Waals surface area contributed by atoms with Gasteiger partial charge in [-0.05, 0) is 59.2 Å². The Bertz CT molecular complexity index is 736. The van der Waals surface area contributed by atoms with Crippen LogP contribution >= 0.6 is 0 Å². The highest BCUT2D eigenvalue weighted by Crippen LogP contribution is 2.23. The zero-order chi connectivity index (χ0) is 19.1. The van der Waals surface area contributed by atoms with E-state index >= 15 is 0 Å². The van der Waals surface area contributed by atoms with Gasteiger partial charge in [0.15, 0.2) is 0 Å². The highest BCUT2D eigenvalue weighted by Gasteiger charge is 2.15. The Morgan fingerprint density at radius 3 is 1.89 bits per heavy atom. The van der Waals surface area contributed by atoms with Gasteiger partial charge >= 0.3 is 0 Å². The molecule has 0 atom stereocenters. The number of nitrogens with one attached hydrogen (secondary N) is 1. The largest absolute Gasteiger partial charge is 0.497 e. The van der Waals surface area contributed by atoms with Crippen LogP contribution in [-0.2, 0) is 15.5 Å². The highest BCUT2D eigenvalue weighted by atomic mass is 32.2. The van der Waals surface area contributed by atoms with Gasteiger partial charge in [-0.3, -0.25) is 9.69 Å². The van der Waals surface area contributed by atoms with E-state index in [-0.39, 0.29) is 5.91 Å². The lowest BCUT2D eigenvalue weighted by Crippen LogP contribution is -2.45. The predicted octanol–water partition coefficient (Wildman–Crippen LogP) is 2.36. The molecule has 27 heavy (non-hydrogen) atoms. The van der Waals surface area contributed by atoms with E-state index in [0.717, 1.165) is 47.5 Å². The normalized spacial score (nSPS) is 14.8. The number of methoxy groups -OCH3 is 2. The van der Waals surface area contributed by atoms with Crippen LogP contribution in [0.3, 0.4) is 0 Å². The summed E-state index contributed by atoms with van der Waals surface area (Å²) < 4.78 is 15.1. The first-order valence-electron chi connectivity index (χ1n) is 8.90. The van der Waals surface area contributed by atoms with Gasteiger partial charge < -0.3 is 14.8 Å². The molecule has 1 aliphatic heterocycles. The van der Waals surface area contributed by atoms with Crippen molar-refractivity contribution in [2.24, 2.45) is 4.36 Å². The van der Waals surface area contributed by atoms with Crippen molar-refractivity contribution in [2.75, 3.05) is 46.9 Å². The average molecular weight is 388 g/mol. The van der Waals surface area contributed by atoms with E-state index in [2.05, 4.69) is 14.6 Å².